The van der Waals surface area contributed by atoms with Crippen LogP contribution < -0.4 is 5.73 Å². The molecule has 2 heteroatoms. The third-order valence-electron chi connectivity index (χ3n) is 6.81. The number of hydrogen-bond acceptors (Lipinski definition) is 2. The highest BCUT2D eigenvalue weighted by molar-refractivity contribution is 4.96. The van der Waals surface area contributed by atoms with Crippen LogP contribution in [-0.2, 0) is 0 Å². The van der Waals surface area contributed by atoms with Crippen LogP contribution in [0, 0.1) is 23.2 Å². The lowest BCUT2D eigenvalue weighted by molar-refractivity contribution is 0.0220. The van der Waals surface area contributed by atoms with E-state index in [0.717, 1.165) is 36.4 Å². The summed E-state index contributed by atoms with van der Waals surface area (Å²) in [6.45, 7) is 14.3. The van der Waals surface area contributed by atoms with Crippen molar-refractivity contribution in [3.05, 3.63) is 0 Å². The van der Waals surface area contributed by atoms with Gasteiger partial charge in [-0.1, -0.05) is 41.0 Å². The lowest BCUT2D eigenvalue weighted by Crippen LogP contribution is -2.51. The van der Waals surface area contributed by atoms with Gasteiger partial charge in [0.05, 0.1) is 0 Å². The minimum atomic E-state index is 0.491. The molecular formula is C19H38N2. The summed E-state index contributed by atoms with van der Waals surface area (Å²) in [7, 11) is 0. The van der Waals surface area contributed by atoms with Crippen molar-refractivity contribution in [2.24, 2.45) is 28.9 Å². The maximum Gasteiger partial charge on any atom is 0.0141 e. The molecule has 1 aliphatic heterocycles. The van der Waals surface area contributed by atoms with E-state index in [2.05, 4.69) is 39.5 Å². The highest BCUT2D eigenvalue weighted by atomic mass is 15.2. The molecule has 2 aliphatic rings. The monoisotopic (exact) mass is 294 g/mol. The number of likely N-dealkylation sites (tertiary alicyclic amines) is 1. The van der Waals surface area contributed by atoms with Crippen molar-refractivity contribution in [2.75, 3.05) is 13.1 Å². The molecule has 0 aromatic heterocycles. The van der Waals surface area contributed by atoms with Gasteiger partial charge in [-0.05, 0) is 68.4 Å². The Morgan fingerprint density at radius 2 is 1.90 bits per heavy atom. The van der Waals surface area contributed by atoms with Crippen LogP contribution in [-0.4, -0.2) is 30.1 Å². The maximum atomic E-state index is 6.14. The van der Waals surface area contributed by atoms with Crippen molar-refractivity contribution < 1.29 is 0 Å². The first-order chi connectivity index (χ1) is 9.90. The van der Waals surface area contributed by atoms with E-state index in [1.807, 2.05) is 0 Å². The Hall–Kier alpha value is -0.0800. The van der Waals surface area contributed by atoms with Crippen LogP contribution in [0.3, 0.4) is 0 Å². The highest BCUT2D eigenvalue weighted by Gasteiger charge is 2.42. The molecular weight excluding hydrogens is 256 g/mol. The van der Waals surface area contributed by atoms with Crippen LogP contribution in [0.5, 0.6) is 0 Å². The van der Waals surface area contributed by atoms with Gasteiger partial charge in [-0.2, -0.15) is 0 Å². The molecule has 0 amide bonds. The largest absolute Gasteiger partial charge is 0.330 e. The Balaban J connectivity index is 2.13. The topological polar surface area (TPSA) is 29.3 Å². The molecule has 21 heavy (non-hydrogen) atoms. The molecule has 0 spiro atoms. The third-order valence-corrected chi connectivity index (χ3v) is 6.81. The fraction of sp³-hybridized carbons (Fsp3) is 1.00. The maximum absolute atomic E-state index is 6.14. The van der Waals surface area contributed by atoms with E-state index < -0.39 is 0 Å². The Labute approximate surface area is 132 Å². The summed E-state index contributed by atoms with van der Waals surface area (Å²) in [4.78, 5) is 2.86. The average Bonchev–Trinajstić information content (AvgIpc) is 2.96. The van der Waals surface area contributed by atoms with Crippen molar-refractivity contribution in [3.8, 4) is 0 Å². The Bertz CT molecular complexity index is 324. The fourth-order valence-corrected chi connectivity index (χ4v) is 4.83. The number of rotatable bonds is 5. The molecule has 2 N–H and O–H groups in total. The van der Waals surface area contributed by atoms with Gasteiger partial charge < -0.3 is 5.73 Å². The average molecular weight is 295 g/mol. The van der Waals surface area contributed by atoms with Gasteiger partial charge in [0.2, 0.25) is 0 Å². The van der Waals surface area contributed by atoms with Gasteiger partial charge in [-0.3, -0.25) is 4.90 Å². The van der Waals surface area contributed by atoms with E-state index in [4.69, 9.17) is 5.73 Å². The summed E-state index contributed by atoms with van der Waals surface area (Å²) < 4.78 is 0. The van der Waals surface area contributed by atoms with Crippen LogP contribution >= 0.6 is 0 Å². The van der Waals surface area contributed by atoms with Crippen molar-refractivity contribution in [2.45, 2.75) is 85.2 Å². The predicted octanol–water partition coefficient (Wildman–Crippen LogP) is 4.29. The summed E-state index contributed by atoms with van der Waals surface area (Å²) in [5, 5.41) is 0. The number of nitrogens with zero attached hydrogens (tertiary/aromatic N) is 1. The molecule has 0 radical (unpaired) electrons. The Morgan fingerprint density at radius 3 is 2.48 bits per heavy atom. The summed E-state index contributed by atoms with van der Waals surface area (Å²) in [5.41, 5.74) is 6.63. The van der Waals surface area contributed by atoms with E-state index in [-0.39, 0.29) is 0 Å². The first kappa shape index (κ1) is 17.3. The normalized spacial score (nSPS) is 35.6. The van der Waals surface area contributed by atoms with E-state index in [1.54, 1.807) is 0 Å². The SMILES string of the molecule is CCC(C)(C)C1CCC(CN)C(N2CCCC2C(C)C)C1. The van der Waals surface area contributed by atoms with Crippen molar-refractivity contribution in [1.82, 2.24) is 4.90 Å². The second-order valence-corrected chi connectivity index (χ2v) is 8.61. The quantitative estimate of drug-likeness (QED) is 0.819. The molecule has 0 aromatic carbocycles. The predicted molar refractivity (Wildman–Crippen MR) is 92.3 cm³/mol. The van der Waals surface area contributed by atoms with Crippen LogP contribution in [0.4, 0.5) is 0 Å². The minimum Gasteiger partial charge on any atom is -0.330 e. The molecule has 2 rings (SSSR count). The molecule has 0 bridgehead atoms. The van der Waals surface area contributed by atoms with Gasteiger partial charge in [-0.25, -0.2) is 0 Å². The molecule has 1 saturated heterocycles. The molecule has 124 valence electrons. The highest BCUT2D eigenvalue weighted by Crippen LogP contribution is 2.45. The first-order valence-electron chi connectivity index (χ1n) is 9.36. The Kier molecular flexibility index (Phi) is 5.76. The first-order valence-corrected chi connectivity index (χ1v) is 9.36. The summed E-state index contributed by atoms with van der Waals surface area (Å²) in [6.07, 6.45) is 8.19. The van der Waals surface area contributed by atoms with Crippen LogP contribution in [0.2, 0.25) is 0 Å². The van der Waals surface area contributed by atoms with Gasteiger partial charge in [0.15, 0.2) is 0 Å². The third kappa shape index (κ3) is 3.64. The lowest BCUT2D eigenvalue weighted by Gasteiger charge is -2.48. The Morgan fingerprint density at radius 1 is 1.19 bits per heavy atom. The zero-order valence-corrected chi connectivity index (χ0v) is 15.1. The van der Waals surface area contributed by atoms with Crippen LogP contribution in [0.25, 0.3) is 0 Å². The van der Waals surface area contributed by atoms with E-state index in [1.165, 1.54) is 45.1 Å². The molecule has 1 heterocycles. The second kappa shape index (κ2) is 7.00. The second-order valence-electron chi connectivity index (χ2n) is 8.61. The van der Waals surface area contributed by atoms with Gasteiger partial charge in [-0.15, -0.1) is 0 Å². The zero-order chi connectivity index (χ0) is 15.6. The van der Waals surface area contributed by atoms with Gasteiger partial charge in [0.25, 0.3) is 0 Å². The number of hydrogen-bond donors (Lipinski definition) is 1. The molecule has 4 atom stereocenters. The summed E-state index contributed by atoms with van der Waals surface area (Å²) >= 11 is 0. The molecule has 2 fully saturated rings. The van der Waals surface area contributed by atoms with Crippen molar-refractivity contribution in [3.63, 3.8) is 0 Å². The molecule has 1 aliphatic carbocycles. The molecule has 1 saturated carbocycles. The van der Waals surface area contributed by atoms with Gasteiger partial charge >= 0.3 is 0 Å². The smallest absolute Gasteiger partial charge is 0.0141 e. The van der Waals surface area contributed by atoms with E-state index >= 15 is 0 Å². The lowest BCUT2D eigenvalue weighted by atomic mass is 9.65. The molecule has 0 aromatic rings. The number of nitrogens with two attached hydrogens (primary N) is 1. The zero-order valence-electron chi connectivity index (χ0n) is 15.1. The van der Waals surface area contributed by atoms with Gasteiger partial charge in [0, 0.05) is 12.1 Å². The van der Waals surface area contributed by atoms with Crippen molar-refractivity contribution in [1.29, 1.82) is 0 Å². The van der Waals surface area contributed by atoms with E-state index in [0.29, 0.717) is 5.41 Å². The van der Waals surface area contributed by atoms with Crippen LogP contribution in [0.15, 0.2) is 0 Å². The summed E-state index contributed by atoms with van der Waals surface area (Å²) in [6, 6.07) is 1.54. The van der Waals surface area contributed by atoms with E-state index in [9.17, 15) is 0 Å². The van der Waals surface area contributed by atoms with Crippen molar-refractivity contribution >= 4 is 0 Å². The minimum absolute atomic E-state index is 0.491. The summed E-state index contributed by atoms with van der Waals surface area (Å²) in [5.74, 6) is 2.39. The van der Waals surface area contributed by atoms with Gasteiger partial charge in [0.1, 0.15) is 0 Å². The fourth-order valence-electron chi connectivity index (χ4n) is 4.83. The molecule has 2 nitrogen and oxygen atoms in total. The van der Waals surface area contributed by atoms with Crippen LogP contribution in [0.1, 0.15) is 73.1 Å². The standard InChI is InChI=1S/C19H38N2/c1-6-19(4,5)16-10-9-15(13-20)18(12-16)21-11-7-8-17(21)14(2)3/h14-18H,6-13,20H2,1-5H3. The molecule has 4 unspecified atom stereocenters.